The molecule has 0 heterocycles. The van der Waals surface area contributed by atoms with Crippen LogP contribution in [0.5, 0.6) is 0 Å². The maximum Gasteiger partial charge on any atom is 2.00 e. The van der Waals surface area contributed by atoms with Crippen molar-refractivity contribution in [3.8, 4) is 0 Å². The summed E-state index contributed by atoms with van der Waals surface area (Å²) in [6.45, 7) is 2.29. The van der Waals surface area contributed by atoms with E-state index >= 15 is 0 Å². The van der Waals surface area contributed by atoms with Crippen LogP contribution in [0.4, 0.5) is 0 Å². The van der Waals surface area contributed by atoms with Gasteiger partial charge in [0.2, 0.25) is 0 Å². The largest absolute Gasteiger partial charge is 2.00 e. The second-order valence-electron chi connectivity index (χ2n) is 5.61. The van der Waals surface area contributed by atoms with Gasteiger partial charge in [0.25, 0.3) is 0 Å². The molecule has 0 saturated heterocycles. The quantitative estimate of drug-likeness (QED) is 0.543. The molecule has 4 heteroatoms. The van der Waals surface area contributed by atoms with E-state index in [1.165, 1.54) is 51.4 Å². The van der Waals surface area contributed by atoms with Gasteiger partial charge in [-0.3, -0.25) is 0 Å². The van der Waals surface area contributed by atoms with E-state index in [1.54, 1.807) is 0 Å². The third-order valence-electron chi connectivity index (χ3n) is 4.19. The number of hydrogen-bond donors (Lipinski definition) is 0. The Bertz CT molecular complexity index is 181. The van der Waals surface area contributed by atoms with E-state index in [4.69, 9.17) is 12.6 Å². The fourth-order valence-electron chi connectivity index (χ4n) is 2.77. The van der Waals surface area contributed by atoms with Gasteiger partial charge >= 0.3 is 35.9 Å². The maximum atomic E-state index is 5.39. The maximum absolute atomic E-state index is 5.39. The van der Waals surface area contributed by atoms with Gasteiger partial charge in [0.15, 0.2) is 0 Å². The first-order chi connectivity index (χ1) is 7.63. The molecule has 2 unspecified atom stereocenters. The van der Waals surface area contributed by atoms with E-state index < -0.39 is 0 Å². The molecule has 0 radical (unpaired) electrons. The summed E-state index contributed by atoms with van der Waals surface area (Å²) in [5.41, 5.74) is 0. The van der Waals surface area contributed by atoms with Gasteiger partial charge in [0.1, 0.15) is 0 Å². The van der Waals surface area contributed by atoms with Crippen LogP contribution in [0.25, 0.3) is 0 Å². The van der Waals surface area contributed by atoms with Crippen molar-refractivity contribution >= 4 is 12.6 Å². The van der Waals surface area contributed by atoms with Crippen LogP contribution in [0.3, 0.4) is 0 Å². The van der Waals surface area contributed by atoms with E-state index in [1.807, 2.05) is 0 Å². The molecule has 2 rings (SSSR count). The molecule has 2 aliphatic carbocycles. The van der Waals surface area contributed by atoms with Crippen molar-refractivity contribution in [3.05, 3.63) is 0 Å². The van der Waals surface area contributed by atoms with Crippen molar-refractivity contribution in [1.29, 1.82) is 0 Å². The first kappa shape index (κ1) is 21.7. The number of nitrogens with zero attached hydrogens (tertiary/aromatic N) is 1. The molecule has 0 spiro atoms. The molecule has 102 valence electrons. The first-order valence-corrected chi connectivity index (χ1v) is 7.42. The third-order valence-corrected chi connectivity index (χ3v) is 4.77. The average molecular weight is 305 g/mol. The van der Waals surface area contributed by atoms with Crippen molar-refractivity contribution in [1.82, 2.24) is 4.90 Å². The molecule has 0 aromatic rings. The van der Waals surface area contributed by atoms with Crippen LogP contribution < -0.4 is 18.9 Å². The Morgan fingerprint density at radius 3 is 1.67 bits per heavy atom. The Hall–Kier alpha value is 1.43. The van der Waals surface area contributed by atoms with Crippen LogP contribution in [-0.4, -0.2) is 30.3 Å². The molecule has 0 aliphatic heterocycles. The Morgan fingerprint density at radius 2 is 1.39 bits per heavy atom. The van der Waals surface area contributed by atoms with Crippen molar-refractivity contribution in [3.63, 3.8) is 0 Å². The first-order valence-electron chi connectivity index (χ1n) is 6.95. The van der Waals surface area contributed by atoms with Gasteiger partial charge in [-0.2, -0.15) is 5.25 Å². The summed E-state index contributed by atoms with van der Waals surface area (Å²) < 4.78 is 0. The molecule has 2 aliphatic rings. The fraction of sp³-hybridized carbons (Fsp3) is 1.00. The van der Waals surface area contributed by atoms with Crippen molar-refractivity contribution in [2.24, 2.45) is 5.92 Å². The van der Waals surface area contributed by atoms with E-state index in [0.29, 0.717) is 11.3 Å². The second kappa shape index (κ2) is 12.2. The summed E-state index contributed by atoms with van der Waals surface area (Å²) in [5, 5.41) is 0.535. The fourth-order valence-corrected chi connectivity index (χ4v) is 3.30. The van der Waals surface area contributed by atoms with E-state index in [9.17, 15) is 0 Å². The zero-order valence-electron chi connectivity index (χ0n) is 12.6. The van der Waals surface area contributed by atoms with Gasteiger partial charge in [-0.25, -0.2) is 0 Å². The smallest absolute Gasteiger partial charge is 0.789 e. The Kier molecular flexibility index (Phi) is 14.7. The predicted octanol–water partition coefficient (Wildman–Crippen LogP) is 0.604. The zero-order valence-corrected chi connectivity index (χ0v) is 14.5. The monoisotopic (exact) mass is 305 g/mol. The summed E-state index contributed by atoms with van der Waals surface area (Å²) in [6, 6.07) is 0.667. The molecule has 0 aromatic carbocycles. The Balaban J connectivity index is 0. The topological polar surface area (TPSA) is 3.24 Å². The van der Waals surface area contributed by atoms with E-state index in [2.05, 4.69) is 25.9 Å². The third kappa shape index (κ3) is 7.88. The minimum Gasteiger partial charge on any atom is -0.789 e. The molecule has 0 bridgehead atoms. The predicted molar refractivity (Wildman–Crippen MR) is 74.7 cm³/mol. The summed E-state index contributed by atoms with van der Waals surface area (Å²) >= 11 is 5.39. The van der Waals surface area contributed by atoms with Crippen LogP contribution in [0.2, 0.25) is 0 Å². The zero-order chi connectivity index (χ0) is 12.0. The van der Waals surface area contributed by atoms with E-state index in [-0.39, 0.29) is 35.9 Å². The molecule has 18 heavy (non-hydrogen) atoms. The van der Waals surface area contributed by atoms with Gasteiger partial charge in [-0.05, 0) is 26.9 Å². The van der Waals surface area contributed by atoms with Crippen LogP contribution in [0, 0.1) is 5.92 Å². The van der Waals surface area contributed by atoms with Crippen molar-refractivity contribution in [2.75, 3.05) is 14.1 Å². The Morgan fingerprint density at radius 1 is 0.944 bits per heavy atom. The normalized spacial score (nSPS) is 27.8. The van der Waals surface area contributed by atoms with E-state index in [0.717, 1.165) is 5.92 Å². The van der Waals surface area contributed by atoms with Gasteiger partial charge in [-0.15, -0.1) is 0 Å². The summed E-state index contributed by atoms with van der Waals surface area (Å²) in [5.74, 6) is 0.764. The average Bonchev–Trinajstić information content (AvgIpc) is 2.89. The van der Waals surface area contributed by atoms with Gasteiger partial charge < -0.3 is 17.5 Å². The molecule has 1 nitrogen and oxygen atoms in total. The standard InChI is InChI=1S/C9H19NS.C5H10.Fe.Li/c1-7(10(2)3)8-5-4-6-9(8)11;1-2-4-5-3-1;;/h7-9,11H,4-6H2,1-3H3;1-5H2;;/q;;+2;+1/p-1/t7-,8?,9?;;;/m0.../s1. The number of rotatable bonds is 2. The van der Waals surface area contributed by atoms with Crippen LogP contribution in [0.15, 0.2) is 0 Å². The molecular formula is C14H28FeLiNS+2. The molecule has 0 aromatic heterocycles. The molecule has 0 N–H and O–H groups in total. The molecule has 3 atom stereocenters. The van der Waals surface area contributed by atoms with Crippen molar-refractivity contribution in [2.45, 2.75) is 69.6 Å². The second-order valence-corrected chi connectivity index (χ2v) is 6.21. The summed E-state index contributed by atoms with van der Waals surface area (Å²) in [4.78, 5) is 2.29. The number of hydrogen-bond acceptors (Lipinski definition) is 2. The molecule has 0 amide bonds. The molecule has 2 fully saturated rings. The van der Waals surface area contributed by atoms with Gasteiger partial charge in [-0.1, -0.05) is 51.4 Å². The minimum absolute atomic E-state index is 0. The molecule has 2 saturated carbocycles. The van der Waals surface area contributed by atoms with Crippen LogP contribution in [-0.2, 0) is 29.7 Å². The SMILES string of the molecule is C1CCCC1.C[C@@H](C1CCCC1[S-])N(C)C.[Fe+2].[Li+]. The van der Waals surface area contributed by atoms with Crippen LogP contribution in [0.1, 0.15) is 58.3 Å². The summed E-state index contributed by atoms with van der Waals surface area (Å²) in [6.07, 6.45) is 11.4. The summed E-state index contributed by atoms with van der Waals surface area (Å²) in [7, 11) is 4.29. The van der Waals surface area contributed by atoms with Gasteiger partial charge in [0, 0.05) is 6.04 Å². The molecular weight excluding hydrogens is 277 g/mol. The van der Waals surface area contributed by atoms with Gasteiger partial charge in [0.05, 0.1) is 0 Å². The Labute approximate surface area is 142 Å². The minimum atomic E-state index is 0. The van der Waals surface area contributed by atoms with Crippen LogP contribution >= 0.6 is 0 Å². The van der Waals surface area contributed by atoms with Crippen molar-refractivity contribution < 1.29 is 35.9 Å².